The van der Waals surface area contributed by atoms with Crippen LogP contribution >= 0.6 is 0 Å². The molecule has 1 heterocycles. The molecule has 0 saturated heterocycles. The Morgan fingerprint density at radius 3 is 2.50 bits per heavy atom. The van der Waals surface area contributed by atoms with Gasteiger partial charge in [-0.05, 0) is 18.6 Å². The van der Waals surface area contributed by atoms with Gasteiger partial charge < -0.3 is 10.1 Å². The quantitative estimate of drug-likeness (QED) is 0.857. The van der Waals surface area contributed by atoms with E-state index in [-0.39, 0.29) is 6.04 Å². The first-order valence-electron chi connectivity index (χ1n) is 5.63. The molecule has 0 aliphatic heterocycles. The second-order valence-corrected chi connectivity index (χ2v) is 3.89. The molecule has 7 heteroatoms. The first-order chi connectivity index (χ1) is 8.47. The number of alkyl halides is 3. The van der Waals surface area contributed by atoms with E-state index in [1.54, 1.807) is 7.11 Å². The van der Waals surface area contributed by atoms with Crippen molar-refractivity contribution in [3.63, 3.8) is 0 Å². The number of hydrogen-bond acceptors (Lipinski definition) is 4. The van der Waals surface area contributed by atoms with Gasteiger partial charge in [-0.3, -0.25) is 0 Å². The number of aromatic nitrogens is 2. The average Bonchev–Trinajstić information content (AvgIpc) is 2.29. The third-order valence-electron chi connectivity index (χ3n) is 2.31. The van der Waals surface area contributed by atoms with Crippen molar-refractivity contribution in [3.05, 3.63) is 17.8 Å². The predicted molar refractivity (Wildman–Crippen MR) is 61.2 cm³/mol. The lowest BCUT2D eigenvalue weighted by molar-refractivity contribution is -0.141. The molecule has 0 bridgehead atoms. The van der Waals surface area contributed by atoms with E-state index >= 15 is 0 Å². The fourth-order valence-corrected chi connectivity index (χ4v) is 1.52. The van der Waals surface area contributed by atoms with Crippen LogP contribution in [0.25, 0.3) is 0 Å². The summed E-state index contributed by atoms with van der Waals surface area (Å²) in [6.45, 7) is 2.49. The van der Waals surface area contributed by atoms with Gasteiger partial charge in [0.2, 0.25) is 0 Å². The Balaban J connectivity index is 2.67. The van der Waals surface area contributed by atoms with E-state index < -0.39 is 11.9 Å². The monoisotopic (exact) mass is 263 g/mol. The Kier molecular flexibility index (Phi) is 5.33. The van der Waals surface area contributed by atoms with Crippen LogP contribution in [0.5, 0.6) is 0 Å². The number of anilines is 1. The molecule has 1 aromatic heterocycles. The van der Waals surface area contributed by atoms with E-state index in [2.05, 4.69) is 15.5 Å². The van der Waals surface area contributed by atoms with E-state index in [1.165, 1.54) is 6.07 Å². The topological polar surface area (TPSA) is 47.0 Å². The summed E-state index contributed by atoms with van der Waals surface area (Å²) in [5.41, 5.74) is -0.994. The maximum Gasteiger partial charge on any atom is 0.435 e. The van der Waals surface area contributed by atoms with Crippen LogP contribution in [-0.2, 0) is 10.9 Å². The van der Waals surface area contributed by atoms with Crippen molar-refractivity contribution in [3.8, 4) is 0 Å². The summed E-state index contributed by atoms with van der Waals surface area (Å²) in [4.78, 5) is 0. The molecule has 4 nitrogen and oxygen atoms in total. The lowest BCUT2D eigenvalue weighted by Crippen LogP contribution is -2.25. The standard InChI is InChI=1S/C11H16F3N3O/c1-3-4-8(7-18-2)15-10-6-5-9(16-17-10)11(12,13)14/h5-6,8H,3-4,7H2,1-2H3,(H,15,17). The Morgan fingerprint density at radius 2 is 2.06 bits per heavy atom. The van der Waals surface area contributed by atoms with E-state index in [1.807, 2.05) is 6.92 Å². The Morgan fingerprint density at radius 1 is 1.33 bits per heavy atom. The molecule has 0 amide bonds. The number of nitrogens with zero attached hydrogens (tertiary/aromatic N) is 2. The molecule has 1 aromatic rings. The van der Waals surface area contributed by atoms with Gasteiger partial charge in [-0.15, -0.1) is 10.2 Å². The maximum absolute atomic E-state index is 12.3. The van der Waals surface area contributed by atoms with E-state index in [4.69, 9.17) is 4.74 Å². The molecule has 0 fully saturated rings. The van der Waals surface area contributed by atoms with Gasteiger partial charge in [-0.2, -0.15) is 13.2 Å². The fraction of sp³-hybridized carbons (Fsp3) is 0.636. The summed E-state index contributed by atoms with van der Waals surface area (Å²) in [6.07, 6.45) is -2.67. The van der Waals surface area contributed by atoms with Crippen LogP contribution < -0.4 is 5.32 Å². The number of halogens is 3. The molecule has 1 atom stereocenters. The highest BCUT2D eigenvalue weighted by Gasteiger charge is 2.32. The first-order valence-corrected chi connectivity index (χ1v) is 5.63. The van der Waals surface area contributed by atoms with Crippen molar-refractivity contribution in [2.75, 3.05) is 19.0 Å². The van der Waals surface area contributed by atoms with Crippen LogP contribution in [-0.4, -0.2) is 30.0 Å². The predicted octanol–water partition coefficient (Wildman–Crippen LogP) is 2.72. The highest BCUT2D eigenvalue weighted by Crippen LogP contribution is 2.27. The lowest BCUT2D eigenvalue weighted by Gasteiger charge is -2.17. The number of rotatable bonds is 6. The van der Waals surface area contributed by atoms with Crippen LogP contribution in [0.2, 0.25) is 0 Å². The Bertz CT molecular complexity index is 348. The Hall–Kier alpha value is -1.37. The van der Waals surface area contributed by atoms with Crippen molar-refractivity contribution in [2.45, 2.75) is 32.0 Å². The molecule has 0 aromatic carbocycles. The normalized spacial score (nSPS) is 13.4. The molecule has 1 unspecified atom stereocenters. The van der Waals surface area contributed by atoms with E-state index in [9.17, 15) is 13.2 Å². The summed E-state index contributed by atoms with van der Waals surface area (Å²) in [7, 11) is 1.57. The lowest BCUT2D eigenvalue weighted by atomic mass is 10.2. The second kappa shape index (κ2) is 6.53. The minimum absolute atomic E-state index is 0.0195. The molecular formula is C11H16F3N3O. The van der Waals surface area contributed by atoms with Crippen molar-refractivity contribution in [2.24, 2.45) is 0 Å². The van der Waals surface area contributed by atoms with Gasteiger partial charge in [0.25, 0.3) is 0 Å². The third kappa shape index (κ3) is 4.48. The highest BCUT2D eigenvalue weighted by atomic mass is 19.4. The van der Waals surface area contributed by atoms with Gasteiger partial charge in [0.15, 0.2) is 5.69 Å². The summed E-state index contributed by atoms with van der Waals surface area (Å²) in [5, 5.41) is 9.65. The van der Waals surface area contributed by atoms with Crippen LogP contribution in [0, 0.1) is 0 Å². The zero-order chi connectivity index (χ0) is 13.6. The number of methoxy groups -OCH3 is 1. The van der Waals surface area contributed by atoms with Crippen molar-refractivity contribution < 1.29 is 17.9 Å². The summed E-state index contributed by atoms with van der Waals surface area (Å²) >= 11 is 0. The summed E-state index contributed by atoms with van der Waals surface area (Å²) in [5.74, 6) is 0.318. The van der Waals surface area contributed by atoms with Gasteiger partial charge in [-0.1, -0.05) is 13.3 Å². The number of nitrogens with one attached hydrogen (secondary N) is 1. The Labute approximate surface area is 104 Å². The van der Waals surface area contributed by atoms with Crippen LogP contribution in [0.4, 0.5) is 19.0 Å². The molecule has 18 heavy (non-hydrogen) atoms. The van der Waals surface area contributed by atoms with Gasteiger partial charge in [0.05, 0.1) is 12.6 Å². The molecule has 0 radical (unpaired) electrons. The minimum Gasteiger partial charge on any atom is -0.383 e. The highest BCUT2D eigenvalue weighted by molar-refractivity contribution is 5.34. The van der Waals surface area contributed by atoms with E-state index in [0.717, 1.165) is 18.9 Å². The molecular weight excluding hydrogens is 247 g/mol. The molecule has 0 saturated carbocycles. The zero-order valence-corrected chi connectivity index (χ0v) is 10.3. The van der Waals surface area contributed by atoms with Gasteiger partial charge >= 0.3 is 6.18 Å². The smallest absolute Gasteiger partial charge is 0.383 e. The molecule has 0 spiro atoms. The maximum atomic E-state index is 12.3. The van der Waals surface area contributed by atoms with Gasteiger partial charge in [0.1, 0.15) is 5.82 Å². The fourth-order valence-electron chi connectivity index (χ4n) is 1.52. The van der Waals surface area contributed by atoms with Crippen molar-refractivity contribution in [1.29, 1.82) is 0 Å². The molecule has 102 valence electrons. The molecule has 1 N–H and O–H groups in total. The number of hydrogen-bond donors (Lipinski definition) is 1. The SMILES string of the molecule is CCCC(COC)Nc1ccc(C(F)(F)F)nn1. The van der Waals surface area contributed by atoms with Crippen LogP contribution in [0.1, 0.15) is 25.5 Å². The summed E-state index contributed by atoms with van der Waals surface area (Å²) < 4.78 is 41.9. The third-order valence-corrected chi connectivity index (χ3v) is 2.31. The number of ether oxygens (including phenoxy) is 1. The van der Waals surface area contributed by atoms with Gasteiger partial charge in [0, 0.05) is 7.11 Å². The average molecular weight is 263 g/mol. The molecule has 1 rings (SSSR count). The van der Waals surface area contributed by atoms with Gasteiger partial charge in [-0.25, -0.2) is 0 Å². The molecule has 0 aliphatic rings. The van der Waals surface area contributed by atoms with Crippen LogP contribution in [0.15, 0.2) is 12.1 Å². The van der Waals surface area contributed by atoms with Crippen molar-refractivity contribution >= 4 is 5.82 Å². The second-order valence-electron chi connectivity index (χ2n) is 3.89. The largest absolute Gasteiger partial charge is 0.435 e. The van der Waals surface area contributed by atoms with Crippen LogP contribution in [0.3, 0.4) is 0 Å². The van der Waals surface area contributed by atoms with E-state index in [0.29, 0.717) is 12.4 Å². The minimum atomic E-state index is -4.46. The molecule has 0 aliphatic carbocycles. The first kappa shape index (κ1) is 14.7. The van der Waals surface area contributed by atoms with Crippen molar-refractivity contribution in [1.82, 2.24) is 10.2 Å². The summed E-state index contributed by atoms with van der Waals surface area (Å²) in [6, 6.07) is 2.20. The zero-order valence-electron chi connectivity index (χ0n) is 10.3.